The third-order valence-electron chi connectivity index (χ3n) is 6.76. The molecule has 1 saturated carbocycles. The number of anilines is 1. The third-order valence-corrected chi connectivity index (χ3v) is 6.76. The number of carbonyl (C=O) groups is 1. The fraction of sp³-hybridized carbons (Fsp3) is 0.682. The molecule has 0 radical (unpaired) electrons. The number of hydrogen-bond acceptors (Lipinski definition) is 5. The monoisotopic (exact) mass is 387 g/mol. The van der Waals surface area contributed by atoms with Gasteiger partial charge in [0.2, 0.25) is 5.91 Å². The van der Waals surface area contributed by atoms with Crippen molar-refractivity contribution in [1.29, 1.82) is 0 Å². The zero-order valence-corrected chi connectivity index (χ0v) is 16.9. The first-order valence-corrected chi connectivity index (χ1v) is 10.7. The number of para-hydroxylation sites is 2. The summed E-state index contributed by atoms with van der Waals surface area (Å²) in [5, 5.41) is 10.6. The Balaban J connectivity index is 1.31. The Bertz CT molecular complexity index is 669. The summed E-state index contributed by atoms with van der Waals surface area (Å²) < 4.78 is 5.50. The topological polar surface area (TPSA) is 56.2 Å². The Kier molecular flexibility index (Phi) is 6.07. The minimum absolute atomic E-state index is 0.0624. The predicted octanol–water partition coefficient (Wildman–Crippen LogP) is 1.97. The molecular weight excluding hydrogens is 354 g/mol. The van der Waals surface area contributed by atoms with E-state index in [1.807, 2.05) is 23.1 Å². The Hall–Kier alpha value is -1.79. The van der Waals surface area contributed by atoms with E-state index in [0.29, 0.717) is 25.4 Å². The van der Waals surface area contributed by atoms with Crippen molar-refractivity contribution in [3.63, 3.8) is 0 Å². The van der Waals surface area contributed by atoms with E-state index >= 15 is 0 Å². The van der Waals surface area contributed by atoms with Gasteiger partial charge in [0.25, 0.3) is 0 Å². The van der Waals surface area contributed by atoms with Crippen LogP contribution in [0.1, 0.15) is 32.1 Å². The summed E-state index contributed by atoms with van der Waals surface area (Å²) in [6.07, 6.45) is 5.14. The predicted molar refractivity (Wildman–Crippen MR) is 110 cm³/mol. The number of ether oxygens (including phenoxy) is 1. The van der Waals surface area contributed by atoms with Crippen molar-refractivity contribution in [1.82, 2.24) is 9.80 Å². The average molecular weight is 388 g/mol. The molecule has 154 valence electrons. The normalized spacial score (nSPS) is 26.8. The molecule has 1 N–H and O–H groups in total. The Morgan fingerprint density at radius 3 is 2.54 bits per heavy atom. The van der Waals surface area contributed by atoms with Crippen LogP contribution in [0.25, 0.3) is 0 Å². The standard InChI is InChI=1S/C22H33N3O3/c1-28-21-9-5-4-8-18(21)23-10-12-24(13-11-23)19-15-25(16-20(19)26)22(27)14-17-6-2-3-7-17/h4-5,8-9,17,19-20,26H,2-3,6-7,10-16H2,1H3/t19-,20-/m0/s1. The number of aliphatic hydroxyl groups is 1. The zero-order chi connectivity index (χ0) is 19.5. The van der Waals surface area contributed by atoms with Crippen LogP contribution >= 0.6 is 0 Å². The van der Waals surface area contributed by atoms with E-state index in [1.165, 1.54) is 25.7 Å². The van der Waals surface area contributed by atoms with Gasteiger partial charge in [-0.3, -0.25) is 9.69 Å². The van der Waals surface area contributed by atoms with Gasteiger partial charge in [0.1, 0.15) is 5.75 Å². The lowest BCUT2D eigenvalue weighted by atomic mass is 10.0. The van der Waals surface area contributed by atoms with E-state index in [9.17, 15) is 9.90 Å². The van der Waals surface area contributed by atoms with Crippen molar-refractivity contribution in [3.8, 4) is 5.75 Å². The third kappa shape index (κ3) is 4.13. The van der Waals surface area contributed by atoms with Crippen molar-refractivity contribution < 1.29 is 14.6 Å². The number of amides is 1. The van der Waals surface area contributed by atoms with Crippen LogP contribution in [0.15, 0.2) is 24.3 Å². The number of likely N-dealkylation sites (tertiary alicyclic amines) is 1. The lowest BCUT2D eigenvalue weighted by molar-refractivity contribution is -0.131. The van der Waals surface area contributed by atoms with Crippen LogP contribution < -0.4 is 9.64 Å². The Morgan fingerprint density at radius 2 is 1.82 bits per heavy atom. The number of carbonyl (C=O) groups excluding carboxylic acids is 1. The molecule has 2 saturated heterocycles. The molecule has 28 heavy (non-hydrogen) atoms. The van der Waals surface area contributed by atoms with Gasteiger partial charge in [-0.15, -0.1) is 0 Å². The minimum atomic E-state index is -0.440. The molecule has 4 rings (SSSR count). The number of rotatable bonds is 5. The van der Waals surface area contributed by atoms with Crippen LogP contribution in [-0.2, 0) is 4.79 Å². The molecule has 6 heteroatoms. The first-order chi connectivity index (χ1) is 13.7. The van der Waals surface area contributed by atoms with E-state index < -0.39 is 6.10 Å². The van der Waals surface area contributed by atoms with Crippen LogP contribution in [-0.4, -0.2) is 79.3 Å². The summed E-state index contributed by atoms with van der Waals surface area (Å²) in [6, 6.07) is 8.19. The van der Waals surface area contributed by atoms with Crippen LogP contribution in [0.5, 0.6) is 5.75 Å². The minimum Gasteiger partial charge on any atom is -0.495 e. The maximum atomic E-state index is 12.7. The number of methoxy groups -OCH3 is 1. The lowest BCUT2D eigenvalue weighted by Gasteiger charge is -2.40. The molecule has 0 bridgehead atoms. The summed E-state index contributed by atoms with van der Waals surface area (Å²) in [6.45, 7) is 4.75. The van der Waals surface area contributed by atoms with Gasteiger partial charge in [0.15, 0.2) is 0 Å². The fourth-order valence-corrected chi connectivity index (χ4v) is 5.11. The molecule has 0 spiro atoms. The highest BCUT2D eigenvalue weighted by molar-refractivity contribution is 5.77. The van der Waals surface area contributed by atoms with Crippen molar-refractivity contribution in [2.24, 2.45) is 5.92 Å². The van der Waals surface area contributed by atoms with E-state index in [2.05, 4.69) is 15.9 Å². The van der Waals surface area contributed by atoms with Gasteiger partial charge < -0.3 is 19.6 Å². The number of nitrogens with zero attached hydrogens (tertiary/aromatic N) is 3. The highest BCUT2D eigenvalue weighted by atomic mass is 16.5. The molecule has 0 unspecified atom stereocenters. The zero-order valence-electron chi connectivity index (χ0n) is 16.9. The van der Waals surface area contributed by atoms with Gasteiger partial charge in [-0.1, -0.05) is 25.0 Å². The van der Waals surface area contributed by atoms with E-state index in [-0.39, 0.29) is 11.9 Å². The second-order valence-corrected chi connectivity index (χ2v) is 8.48. The summed E-state index contributed by atoms with van der Waals surface area (Å²) in [7, 11) is 1.71. The molecule has 0 aromatic heterocycles. The molecule has 3 fully saturated rings. The lowest BCUT2D eigenvalue weighted by Crippen LogP contribution is -2.53. The van der Waals surface area contributed by atoms with Gasteiger partial charge >= 0.3 is 0 Å². The molecule has 1 amide bonds. The average Bonchev–Trinajstić information content (AvgIpc) is 3.37. The summed E-state index contributed by atoms with van der Waals surface area (Å²) in [5.41, 5.74) is 1.13. The van der Waals surface area contributed by atoms with Crippen LogP contribution in [0.2, 0.25) is 0 Å². The molecule has 1 aromatic rings. The smallest absolute Gasteiger partial charge is 0.222 e. The van der Waals surface area contributed by atoms with Crippen molar-refractivity contribution in [3.05, 3.63) is 24.3 Å². The fourth-order valence-electron chi connectivity index (χ4n) is 5.11. The number of aliphatic hydroxyl groups excluding tert-OH is 1. The van der Waals surface area contributed by atoms with E-state index in [0.717, 1.165) is 37.6 Å². The number of β-amino-alcohol motifs (C(OH)–C–C–N with tert-alkyl or cyclic N) is 1. The molecule has 1 aliphatic carbocycles. The SMILES string of the molecule is COc1ccccc1N1CCN([C@H]2CN(C(=O)CC3CCCC3)C[C@@H]2O)CC1. The van der Waals surface area contributed by atoms with E-state index in [4.69, 9.17) is 4.74 Å². The second-order valence-electron chi connectivity index (χ2n) is 8.48. The van der Waals surface area contributed by atoms with Crippen LogP contribution in [0, 0.1) is 5.92 Å². The van der Waals surface area contributed by atoms with Crippen molar-refractivity contribution >= 4 is 11.6 Å². The van der Waals surface area contributed by atoms with Crippen molar-refractivity contribution in [2.75, 3.05) is 51.3 Å². The molecule has 2 heterocycles. The highest BCUT2D eigenvalue weighted by Crippen LogP contribution is 2.31. The summed E-state index contributed by atoms with van der Waals surface area (Å²) in [4.78, 5) is 19.3. The number of piperazine rings is 1. The molecule has 6 nitrogen and oxygen atoms in total. The van der Waals surface area contributed by atoms with Crippen LogP contribution in [0.3, 0.4) is 0 Å². The van der Waals surface area contributed by atoms with Gasteiger partial charge in [0.05, 0.1) is 24.9 Å². The Labute approximate surface area is 168 Å². The molecule has 1 aromatic carbocycles. The molecule has 2 atom stereocenters. The number of benzene rings is 1. The maximum absolute atomic E-state index is 12.7. The molecule has 3 aliphatic rings. The van der Waals surface area contributed by atoms with Crippen LogP contribution in [0.4, 0.5) is 5.69 Å². The summed E-state index contributed by atoms with van der Waals surface area (Å²) in [5.74, 6) is 1.70. The largest absolute Gasteiger partial charge is 0.495 e. The maximum Gasteiger partial charge on any atom is 0.222 e. The quantitative estimate of drug-likeness (QED) is 0.837. The van der Waals surface area contributed by atoms with Gasteiger partial charge in [-0.2, -0.15) is 0 Å². The van der Waals surface area contributed by atoms with E-state index in [1.54, 1.807) is 7.11 Å². The van der Waals surface area contributed by atoms with Crippen molar-refractivity contribution in [2.45, 2.75) is 44.2 Å². The Morgan fingerprint density at radius 1 is 1.11 bits per heavy atom. The van der Waals surface area contributed by atoms with Gasteiger partial charge in [-0.05, 0) is 30.9 Å². The first kappa shape index (κ1) is 19.5. The second kappa shape index (κ2) is 8.70. The number of hydrogen-bond donors (Lipinski definition) is 1. The van der Waals surface area contributed by atoms with Gasteiger partial charge in [0, 0.05) is 45.7 Å². The first-order valence-electron chi connectivity index (χ1n) is 10.7. The summed E-state index contributed by atoms with van der Waals surface area (Å²) >= 11 is 0. The highest BCUT2D eigenvalue weighted by Gasteiger charge is 2.39. The van der Waals surface area contributed by atoms with Gasteiger partial charge in [-0.25, -0.2) is 0 Å². The molecular formula is C22H33N3O3. The molecule has 2 aliphatic heterocycles.